The third-order valence-corrected chi connectivity index (χ3v) is 3.38. The fourth-order valence-corrected chi connectivity index (χ4v) is 2.25. The van der Waals surface area contributed by atoms with Gasteiger partial charge in [0.05, 0.1) is 18.5 Å². The van der Waals surface area contributed by atoms with Gasteiger partial charge in [0.2, 0.25) is 5.13 Å². The second kappa shape index (κ2) is 6.76. The van der Waals surface area contributed by atoms with Gasteiger partial charge in [-0.05, 0) is 31.5 Å². The number of rotatable bonds is 5. The first kappa shape index (κ1) is 14.1. The number of aryl methyl sites for hydroxylation is 1. The van der Waals surface area contributed by atoms with Crippen LogP contribution in [0.25, 0.3) is 0 Å². The van der Waals surface area contributed by atoms with Crippen molar-refractivity contribution < 1.29 is 9.53 Å². The maximum Gasteiger partial charge on any atom is 0.350 e. The van der Waals surface area contributed by atoms with Crippen molar-refractivity contribution in [1.82, 2.24) is 9.97 Å². The molecule has 104 valence electrons. The predicted octanol–water partition coefficient (Wildman–Crippen LogP) is 2.47. The maximum absolute atomic E-state index is 11.6. The minimum atomic E-state index is -0.353. The number of nitrogens with one attached hydrogen (secondary N) is 1. The quantitative estimate of drug-likeness (QED) is 0.520. The smallest absolute Gasteiger partial charge is 0.350 e. The van der Waals surface area contributed by atoms with Gasteiger partial charge in [-0.15, -0.1) is 0 Å². The highest BCUT2D eigenvalue weighted by molar-refractivity contribution is 7.17. The molecule has 20 heavy (non-hydrogen) atoms. The zero-order chi connectivity index (χ0) is 14.4. The number of anilines is 1. The molecule has 2 aromatic heterocycles. The number of hydrogen-bond donors (Lipinski definition) is 1. The van der Waals surface area contributed by atoms with E-state index in [0.29, 0.717) is 22.3 Å². The lowest BCUT2D eigenvalue weighted by Crippen LogP contribution is -2.03. The number of pyridine rings is 1. The summed E-state index contributed by atoms with van der Waals surface area (Å²) in [6.45, 7) is 3.88. The number of ether oxygens (including phenoxy) is 1. The first-order valence-electron chi connectivity index (χ1n) is 6.04. The Bertz CT molecular complexity index is 610. The van der Waals surface area contributed by atoms with Crippen molar-refractivity contribution >= 4 is 28.7 Å². The summed E-state index contributed by atoms with van der Waals surface area (Å²) in [5, 5.41) is 4.62. The number of carbonyl (C=O) groups excluding carboxylic acids is 1. The summed E-state index contributed by atoms with van der Waals surface area (Å²) in [6, 6.07) is 3.67. The van der Waals surface area contributed by atoms with E-state index in [1.54, 1.807) is 32.5 Å². The monoisotopic (exact) mass is 290 g/mol. The molecule has 0 aliphatic rings. The van der Waals surface area contributed by atoms with E-state index in [2.05, 4.69) is 20.5 Å². The lowest BCUT2D eigenvalue weighted by molar-refractivity contribution is 0.0531. The number of hydrazone groups is 1. The van der Waals surface area contributed by atoms with Crippen LogP contribution >= 0.6 is 11.3 Å². The highest BCUT2D eigenvalue weighted by Crippen LogP contribution is 2.23. The van der Waals surface area contributed by atoms with E-state index >= 15 is 0 Å². The highest BCUT2D eigenvalue weighted by Gasteiger charge is 2.15. The Kier molecular flexibility index (Phi) is 4.78. The molecule has 6 nitrogen and oxygen atoms in total. The molecule has 0 spiro atoms. The van der Waals surface area contributed by atoms with Gasteiger partial charge in [0.15, 0.2) is 0 Å². The summed E-state index contributed by atoms with van der Waals surface area (Å²) < 4.78 is 4.95. The van der Waals surface area contributed by atoms with Crippen molar-refractivity contribution in [3.8, 4) is 0 Å². The molecule has 0 amide bonds. The predicted molar refractivity (Wildman–Crippen MR) is 78.3 cm³/mol. The number of aromatic nitrogens is 2. The second-order valence-corrected chi connectivity index (χ2v) is 4.80. The van der Waals surface area contributed by atoms with E-state index in [0.717, 1.165) is 5.56 Å². The molecule has 2 aromatic rings. The van der Waals surface area contributed by atoms with Crippen LogP contribution in [0.2, 0.25) is 0 Å². The molecule has 0 saturated heterocycles. The van der Waals surface area contributed by atoms with E-state index in [1.165, 1.54) is 11.3 Å². The third kappa shape index (κ3) is 3.61. The van der Waals surface area contributed by atoms with Crippen LogP contribution in [0.1, 0.15) is 27.9 Å². The van der Waals surface area contributed by atoms with Crippen LogP contribution < -0.4 is 5.43 Å². The van der Waals surface area contributed by atoms with Gasteiger partial charge in [0, 0.05) is 12.4 Å². The van der Waals surface area contributed by atoms with Crippen LogP contribution in [0.5, 0.6) is 0 Å². The zero-order valence-corrected chi connectivity index (χ0v) is 12.0. The van der Waals surface area contributed by atoms with E-state index in [9.17, 15) is 4.79 Å². The SMILES string of the molecule is CCOC(=O)c1sc(N/N=C\c2ccncc2)nc1C. The van der Waals surface area contributed by atoms with Crippen LogP contribution in [-0.4, -0.2) is 28.8 Å². The van der Waals surface area contributed by atoms with Gasteiger partial charge < -0.3 is 4.74 Å². The van der Waals surface area contributed by atoms with Crippen LogP contribution in [-0.2, 0) is 4.74 Å². The minimum Gasteiger partial charge on any atom is -0.462 e. The Balaban J connectivity index is 2.02. The fourth-order valence-electron chi connectivity index (χ4n) is 1.44. The summed E-state index contributed by atoms with van der Waals surface area (Å²) >= 11 is 1.22. The molecule has 1 N–H and O–H groups in total. The van der Waals surface area contributed by atoms with Crippen molar-refractivity contribution in [3.63, 3.8) is 0 Å². The summed E-state index contributed by atoms with van der Waals surface area (Å²) in [7, 11) is 0. The molecule has 0 saturated carbocycles. The Hall–Kier alpha value is -2.28. The molecule has 0 aliphatic carbocycles. The average molecular weight is 290 g/mol. The number of nitrogens with zero attached hydrogens (tertiary/aromatic N) is 3. The van der Waals surface area contributed by atoms with Crippen molar-refractivity contribution in [2.75, 3.05) is 12.0 Å². The standard InChI is InChI=1S/C13H14N4O2S/c1-3-19-12(18)11-9(2)16-13(20-11)17-15-8-10-4-6-14-7-5-10/h4-8H,3H2,1-2H3,(H,16,17)/b15-8-. The first-order valence-corrected chi connectivity index (χ1v) is 6.86. The highest BCUT2D eigenvalue weighted by atomic mass is 32.1. The van der Waals surface area contributed by atoms with Gasteiger partial charge in [-0.2, -0.15) is 5.10 Å². The van der Waals surface area contributed by atoms with Crippen LogP contribution in [0.15, 0.2) is 29.6 Å². The summed E-state index contributed by atoms with van der Waals surface area (Å²) in [6.07, 6.45) is 5.03. The molecule has 0 fully saturated rings. The molecule has 0 bridgehead atoms. The van der Waals surface area contributed by atoms with E-state index in [-0.39, 0.29) is 5.97 Å². The lowest BCUT2D eigenvalue weighted by Gasteiger charge is -1.97. The lowest BCUT2D eigenvalue weighted by atomic mass is 10.3. The number of esters is 1. The molecule has 0 aromatic carbocycles. The molecule has 7 heteroatoms. The third-order valence-electron chi connectivity index (χ3n) is 2.34. The fraction of sp³-hybridized carbons (Fsp3) is 0.231. The molecule has 0 unspecified atom stereocenters. The van der Waals surface area contributed by atoms with Crippen molar-refractivity contribution in [3.05, 3.63) is 40.7 Å². The van der Waals surface area contributed by atoms with E-state index in [1.807, 2.05) is 12.1 Å². The second-order valence-electron chi connectivity index (χ2n) is 3.80. The molecular weight excluding hydrogens is 276 g/mol. The molecule has 0 radical (unpaired) electrons. The summed E-state index contributed by atoms with van der Waals surface area (Å²) in [4.78, 5) is 20.3. The van der Waals surface area contributed by atoms with Gasteiger partial charge in [0.1, 0.15) is 4.88 Å². The van der Waals surface area contributed by atoms with Gasteiger partial charge in [-0.25, -0.2) is 9.78 Å². The van der Waals surface area contributed by atoms with E-state index in [4.69, 9.17) is 4.74 Å². The van der Waals surface area contributed by atoms with Crippen molar-refractivity contribution in [2.45, 2.75) is 13.8 Å². The van der Waals surface area contributed by atoms with Crippen LogP contribution in [0.3, 0.4) is 0 Å². The minimum absolute atomic E-state index is 0.346. The maximum atomic E-state index is 11.6. The average Bonchev–Trinajstić information content (AvgIpc) is 2.81. The summed E-state index contributed by atoms with van der Waals surface area (Å²) in [5.74, 6) is -0.353. The van der Waals surface area contributed by atoms with Crippen molar-refractivity contribution in [1.29, 1.82) is 0 Å². The van der Waals surface area contributed by atoms with Crippen LogP contribution in [0.4, 0.5) is 5.13 Å². The Morgan fingerprint density at radius 1 is 1.50 bits per heavy atom. The number of hydrogen-bond acceptors (Lipinski definition) is 7. The molecule has 2 heterocycles. The van der Waals surface area contributed by atoms with E-state index < -0.39 is 0 Å². The number of thiazole rings is 1. The van der Waals surface area contributed by atoms with Crippen LogP contribution in [0, 0.1) is 6.92 Å². The molecule has 0 atom stereocenters. The topological polar surface area (TPSA) is 76.5 Å². The Morgan fingerprint density at radius 2 is 2.25 bits per heavy atom. The molecular formula is C13H14N4O2S. The first-order chi connectivity index (χ1) is 9.70. The Morgan fingerprint density at radius 3 is 2.95 bits per heavy atom. The van der Waals surface area contributed by atoms with Gasteiger partial charge in [-0.1, -0.05) is 11.3 Å². The summed E-state index contributed by atoms with van der Waals surface area (Å²) in [5.41, 5.74) is 4.36. The van der Waals surface area contributed by atoms with Gasteiger partial charge >= 0.3 is 5.97 Å². The number of carbonyl (C=O) groups is 1. The van der Waals surface area contributed by atoms with Crippen molar-refractivity contribution in [2.24, 2.45) is 5.10 Å². The van der Waals surface area contributed by atoms with Gasteiger partial charge in [-0.3, -0.25) is 10.4 Å². The molecule has 0 aliphatic heterocycles. The zero-order valence-electron chi connectivity index (χ0n) is 11.2. The van der Waals surface area contributed by atoms with Gasteiger partial charge in [0.25, 0.3) is 0 Å². The Labute approximate surface area is 120 Å². The molecule has 2 rings (SSSR count). The normalized spacial score (nSPS) is 10.7. The largest absolute Gasteiger partial charge is 0.462 e.